The quantitative estimate of drug-likeness (QED) is 0.731. The molecule has 2 N–H and O–H groups in total. The fourth-order valence-corrected chi connectivity index (χ4v) is 2.35. The van der Waals surface area contributed by atoms with Gasteiger partial charge in [0.1, 0.15) is 0 Å². The van der Waals surface area contributed by atoms with E-state index in [1.54, 1.807) is 0 Å². The summed E-state index contributed by atoms with van der Waals surface area (Å²) in [7, 11) is 1.99. The molecule has 0 spiro atoms. The first kappa shape index (κ1) is 14.7. The Morgan fingerprint density at radius 1 is 1.24 bits per heavy atom. The van der Waals surface area contributed by atoms with Gasteiger partial charge in [-0.2, -0.15) is 0 Å². The average molecular weight is 262 g/mol. The molecule has 1 amide bonds. The molecule has 1 atom stereocenters. The van der Waals surface area contributed by atoms with E-state index < -0.39 is 0 Å². The molecule has 0 aromatic rings. The molecule has 1 aliphatic carbocycles. The first-order chi connectivity index (χ1) is 7.78. The summed E-state index contributed by atoms with van der Waals surface area (Å²) in [6.07, 6.45) is 3.82. The molecule has 1 unspecified atom stereocenters. The molecule has 2 aliphatic rings. The third-order valence-electron chi connectivity index (χ3n) is 3.51. The molecular formula is C12H24ClN3O. The number of halogens is 1. The summed E-state index contributed by atoms with van der Waals surface area (Å²) in [6, 6.07) is 0. The van der Waals surface area contributed by atoms with Gasteiger partial charge in [0.15, 0.2) is 0 Å². The van der Waals surface area contributed by atoms with E-state index in [4.69, 9.17) is 0 Å². The van der Waals surface area contributed by atoms with Gasteiger partial charge in [-0.25, -0.2) is 0 Å². The van der Waals surface area contributed by atoms with Gasteiger partial charge in [0.2, 0.25) is 5.91 Å². The van der Waals surface area contributed by atoms with Crippen molar-refractivity contribution in [3.05, 3.63) is 0 Å². The van der Waals surface area contributed by atoms with E-state index in [0.717, 1.165) is 38.0 Å². The predicted molar refractivity (Wildman–Crippen MR) is 71.5 cm³/mol. The predicted octanol–water partition coefficient (Wildman–Crippen LogP) is 0.476. The Balaban J connectivity index is 0.00000144. The van der Waals surface area contributed by atoms with Gasteiger partial charge in [-0.05, 0) is 51.2 Å². The number of carbonyl (C=O) groups is 1. The van der Waals surface area contributed by atoms with Gasteiger partial charge in [0.25, 0.3) is 0 Å². The average Bonchev–Trinajstić information content (AvgIpc) is 2.99. The van der Waals surface area contributed by atoms with Crippen molar-refractivity contribution >= 4 is 18.3 Å². The van der Waals surface area contributed by atoms with Gasteiger partial charge in [0, 0.05) is 13.1 Å². The van der Waals surface area contributed by atoms with Crippen molar-refractivity contribution in [1.82, 2.24) is 15.5 Å². The van der Waals surface area contributed by atoms with Crippen molar-refractivity contribution in [3.63, 3.8) is 0 Å². The minimum atomic E-state index is 0. The second kappa shape index (κ2) is 7.19. The molecule has 0 aromatic heterocycles. The Labute approximate surface area is 110 Å². The van der Waals surface area contributed by atoms with E-state index >= 15 is 0 Å². The lowest BCUT2D eigenvalue weighted by Gasteiger charge is -2.15. The Kier molecular flexibility index (Phi) is 6.23. The van der Waals surface area contributed by atoms with E-state index in [1.807, 2.05) is 7.05 Å². The highest BCUT2D eigenvalue weighted by Crippen LogP contribution is 2.27. The number of nitrogens with one attached hydrogen (secondary N) is 2. The number of rotatable bonds is 6. The minimum absolute atomic E-state index is 0. The number of nitrogens with zero attached hydrogens (tertiary/aromatic N) is 1. The first-order valence-electron chi connectivity index (χ1n) is 6.41. The van der Waals surface area contributed by atoms with Crippen LogP contribution in [0.1, 0.15) is 19.3 Å². The van der Waals surface area contributed by atoms with Gasteiger partial charge in [-0.3, -0.25) is 9.69 Å². The van der Waals surface area contributed by atoms with Crippen LogP contribution in [0.3, 0.4) is 0 Å². The van der Waals surface area contributed by atoms with Gasteiger partial charge in [-0.15, -0.1) is 12.4 Å². The highest BCUT2D eigenvalue weighted by molar-refractivity contribution is 5.85. The largest absolute Gasteiger partial charge is 0.355 e. The molecule has 0 radical (unpaired) electrons. The van der Waals surface area contributed by atoms with Crippen molar-refractivity contribution in [1.29, 1.82) is 0 Å². The maximum atomic E-state index is 11.6. The van der Waals surface area contributed by atoms with Crippen LogP contribution in [0, 0.1) is 11.8 Å². The highest BCUT2D eigenvalue weighted by Gasteiger charge is 2.25. The Morgan fingerprint density at radius 2 is 2.00 bits per heavy atom. The second-order valence-electron chi connectivity index (χ2n) is 5.19. The summed E-state index contributed by atoms with van der Waals surface area (Å²) in [6.45, 7) is 4.70. The van der Waals surface area contributed by atoms with E-state index in [0.29, 0.717) is 6.54 Å². The molecule has 0 aromatic carbocycles. The zero-order valence-electron chi connectivity index (χ0n) is 10.6. The van der Waals surface area contributed by atoms with Crippen molar-refractivity contribution in [2.24, 2.45) is 11.8 Å². The highest BCUT2D eigenvalue weighted by atomic mass is 35.5. The molecule has 4 nitrogen and oxygen atoms in total. The molecule has 1 saturated carbocycles. The molecule has 100 valence electrons. The molecule has 1 heterocycles. The second-order valence-corrected chi connectivity index (χ2v) is 5.19. The lowest BCUT2D eigenvalue weighted by atomic mass is 10.1. The van der Waals surface area contributed by atoms with E-state index in [9.17, 15) is 4.79 Å². The summed E-state index contributed by atoms with van der Waals surface area (Å²) in [5.41, 5.74) is 0. The summed E-state index contributed by atoms with van der Waals surface area (Å²) >= 11 is 0. The van der Waals surface area contributed by atoms with Crippen LogP contribution in [-0.2, 0) is 4.79 Å². The Bertz CT molecular complexity index is 246. The number of amides is 1. The zero-order chi connectivity index (χ0) is 11.4. The summed E-state index contributed by atoms with van der Waals surface area (Å²) in [4.78, 5) is 13.9. The monoisotopic (exact) mass is 261 g/mol. The maximum absolute atomic E-state index is 11.6. The summed E-state index contributed by atoms with van der Waals surface area (Å²) < 4.78 is 0. The standard InChI is InChI=1S/C12H23N3O.ClH/c1-13-6-11-4-5-15(8-11)9-12(16)14-7-10-2-3-10;/h10-11,13H,2-9H2,1H3,(H,14,16);1H. The fourth-order valence-electron chi connectivity index (χ4n) is 2.35. The molecule has 2 fully saturated rings. The van der Waals surface area contributed by atoms with Crippen molar-refractivity contribution in [2.45, 2.75) is 19.3 Å². The van der Waals surface area contributed by atoms with E-state index in [2.05, 4.69) is 15.5 Å². The van der Waals surface area contributed by atoms with Crippen LogP contribution in [0.25, 0.3) is 0 Å². The SMILES string of the molecule is CNCC1CCN(CC(=O)NCC2CC2)C1.Cl. The number of hydrogen-bond donors (Lipinski definition) is 2. The molecule has 1 aliphatic heterocycles. The van der Waals surface area contributed by atoms with Crippen LogP contribution in [-0.4, -0.2) is 50.6 Å². The van der Waals surface area contributed by atoms with Gasteiger partial charge < -0.3 is 10.6 Å². The third-order valence-corrected chi connectivity index (χ3v) is 3.51. The molecule has 2 rings (SSSR count). The van der Waals surface area contributed by atoms with Crippen LogP contribution in [0.15, 0.2) is 0 Å². The first-order valence-corrected chi connectivity index (χ1v) is 6.41. The van der Waals surface area contributed by atoms with Crippen LogP contribution < -0.4 is 10.6 Å². The number of likely N-dealkylation sites (tertiary alicyclic amines) is 1. The Hall–Kier alpha value is -0.320. The molecule has 5 heteroatoms. The number of carbonyl (C=O) groups excluding carboxylic acids is 1. The zero-order valence-corrected chi connectivity index (χ0v) is 11.4. The van der Waals surface area contributed by atoms with Crippen LogP contribution in [0.5, 0.6) is 0 Å². The third kappa shape index (κ3) is 5.23. The topological polar surface area (TPSA) is 44.4 Å². The summed E-state index contributed by atoms with van der Waals surface area (Å²) in [5.74, 6) is 1.71. The molecule has 17 heavy (non-hydrogen) atoms. The fraction of sp³-hybridized carbons (Fsp3) is 0.917. The maximum Gasteiger partial charge on any atom is 0.234 e. The molecule has 0 bridgehead atoms. The lowest BCUT2D eigenvalue weighted by Crippen LogP contribution is -2.37. The van der Waals surface area contributed by atoms with Crippen molar-refractivity contribution in [2.75, 3.05) is 39.8 Å². The minimum Gasteiger partial charge on any atom is -0.355 e. The molecular weight excluding hydrogens is 238 g/mol. The van der Waals surface area contributed by atoms with Crippen LogP contribution >= 0.6 is 12.4 Å². The Morgan fingerprint density at radius 3 is 2.65 bits per heavy atom. The van der Waals surface area contributed by atoms with E-state index in [1.165, 1.54) is 19.3 Å². The van der Waals surface area contributed by atoms with Gasteiger partial charge in [0.05, 0.1) is 6.54 Å². The van der Waals surface area contributed by atoms with Crippen LogP contribution in [0.4, 0.5) is 0 Å². The van der Waals surface area contributed by atoms with Crippen molar-refractivity contribution < 1.29 is 4.79 Å². The normalized spacial score (nSPS) is 24.4. The lowest BCUT2D eigenvalue weighted by molar-refractivity contribution is -0.122. The summed E-state index contributed by atoms with van der Waals surface area (Å²) in [5, 5.41) is 6.23. The van der Waals surface area contributed by atoms with Gasteiger partial charge >= 0.3 is 0 Å². The van der Waals surface area contributed by atoms with E-state index in [-0.39, 0.29) is 18.3 Å². The number of hydrogen-bond acceptors (Lipinski definition) is 3. The molecule has 1 saturated heterocycles. The van der Waals surface area contributed by atoms with Gasteiger partial charge in [-0.1, -0.05) is 0 Å². The smallest absolute Gasteiger partial charge is 0.234 e. The van der Waals surface area contributed by atoms with Crippen molar-refractivity contribution in [3.8, 4) is 0 Å². The van der Waals surface area contributed by atoms with Crippen LogP contribution in [0.2, 0.25) is 0 Å².